The molecule has 0 aromatic heterocycles. The van der Waals surface area contributed by atoms with Crippen molar-refractivity contribution in [2.75, 3.05) is 47.5 Å². The summed E-state index contributed by atoms with van der Waals surface area (Å²) in [7, 11) is -2.44. The van der Waals surface area contributed by atoms with Crippen molar-refractivity contribution < 1.29 is 27.4 Å². The minimum absolute atomic E-state index is 0.108. The fourth-order valence-corrected chi connectivity index (χ4v) is 6.75. The molecule has 7 nitrogen and oxygen atoms in total. The topological polar surface area (TPSA) is 99.3 Å². The van der Waals surface area contributed by atoms with Gasteiger partial charge < -0.3 is 15.4 Å². The summed E-state index contributed by atoms with van der Waals surface area (Å²) in [5.41, 5.74) is 5.37. The van der Waals surface area contributed by atoms with Crippen LogP contribution in [0.2, 0.25) is 0 Å². The Balaban J connectivity index is 1.49. The lowest BCUT2D eigenvalue weighted by molar-refractivity contribution is 0.145. The molecule has 1 aromatic carbocycles. The highest BCUT2D eigenvalue weighted by Gasteiger charge is 2.49. The van der Waals surface area contributed by atoms with E-state index in [1.54, 1.807) is 4.90 Å². The molecule has 1 spiro atoms. The quantitative estimate of drug-likeness (QED) is 0.718. The summed E-state index contributed by atoms with van der Waals surface area (Å²) >= 11 is 0. The third-order valence-corrected chi connectivity index (χ3v) is 7.81. The van der Waals surface area contributed by atoms with Gasteiger partial charge in [0, 0.05) is 48.7 Å². The number of benzene rings is 1. The zero-order valence-corrected chi connectivity index (χ0v) is 15.6. The second-order valence-corrected chi connectivity index (χ2v) is 9.87. The van der Waals surface area contributed by atoms with Gasteiger partial charge in [-0.15, -0.1) is 0 Å². The van der Waals surface area contributed by atoms with E-state index in [9.17, 15) is 22.7 Å². The van der Waals surface area contributed by atoms with Gasteiger partial charge in [0.15, 0.2) is 11.6 Å². The summed E-state index contributed by atoms with van der Waals surface area (Å²) < 4.78 is 53.7. The second kappa shape index (κ2) is 6.47. The summed E-state index contributed by atoms with van der Waals surface area (Å²) in [5, 5.41) is 0. The first-order chi connectivity index (χ1) is 12.7. The van der Waals surface area contributed by atoms with Crippen molar-refractivity contribution in [2.45, 2.75) is 18.9 Å². The van der Waals surface area contributed by atoms with Gasteiger partial charge in [0.05, 0.1) is 12.2 Å². The molecule has 0 aliphatic carbocycles. The average Bonchev–Trinajstić information content (AvgIpc) is 2.95. The van der Waals surface area contributed by atoms with Crippen LogP contribution in [0.25, 0.3) is 0 Å². The van der Waals surface area contributed by atoms with Crippen LogP contribution in [-0.4, -0.2) is 59.0 Å². The van der Waals surface area contributed by atoms with E-state index >= 15 is 0 Å². The Morgan fingerprint density at radius 3 is 2.30 bits per heavy atom. The first-order valence-corrected chi connectivity index (χ1v) is 10.8. The molecular formula is C17H23F2N3O4S. The molecule has 4 rings (SSSR count). The van der Waals surface area contributed by atoms with Crippen molar-refractivity contribution >= 4 is 28.1 Å². The number of hydrogen-bond acceptors (Lipinski definition) is 6. The highest BCUT2D eigenvalue weighted by Crippen LogP contribution is 2.62. The normalized spacial score (nSPS) is 27.4. The van der Waals surface area contributed by atoms with Crippen LogP contribution in [0.4, 0.5) is 25.0 Å². The number of nitrogens with two attached hydrogens (primary N) is 1. The Morgan fingerprint density at radius 1 is 1.22 bits per heavy atom. The standard InChI is InChI=1S/C17H23F2N3O4S/c18-13-5-11(22-8-12(7-20)26-16(22)23)6-14(19)15(13)21-3-1-17(2-4-21)9-27(24,25)10-17/h5-6,12,24-25H,1-4,7-10,20H2. The molecule has 150 valence electrons. The summed E-state index contributed by atoms with van der Waals surface area (Å²) in [6.45, 7) is 1.20. The van der Waals surface area contributed by atoms with Gasteiger partial charge in [0.25, 0.3) is 0 Å². The lowest BCUT2D eigenvalue weighted by Crippen LogP contribution is -2.52. The summed E-state index contributed by atoms with van der Waals surface area (Å²) in [6, 6.07) is 2.28. The van der Waals surface area contributed by atoms with Crippen molar-refractivity contribution in [3.8, 4) is 0 Å². The lowest BCUT2D eigenvalue weighted by Gasteiger charge is -2.58. The minimum Gasteiger partial charge on any atom is -0.443 e. The Bertz CT molecular complexity index is 738. The smallest absolute Gasteiger partial charge is 0.414 e. The summed E-state index contributed by atoms with van der Waals surface area (Å²) in [6.07, 6.45) is 0.178. The van der Waals surface area contributed by atoms with E-state index in [1.807, 2.05) is 0 Å². The molecule has 3 aliphatic rings. The molecule has 0 radical (unpaired) electrons. The van der Waals surface area contributed by atoms with E-state index in [0.29, 0.717) is 37.4 Å². The average molecular weight is 403 g/mol. The van der Waals surface area contributed by atoms with Crippen molar-refractivity contribution in [1.82, 2.24) is 0 Å². The van der Waals surface area contributed by atoms with Crippen LogP contribution >= 0.6 is 10.6 Å². The molecule has 1 aromatic rings. The molecule has 27 heavy (non-hydrogen) atoms. The highest BCUT2D eigenvalue weighted by atomic mass is 32.3. The molecule has 1 amide bonds. The lowest BCUT2D eigenvalue weighted by atomic mass is 9.81. The number of nitrogens with zero attached hydrogens (tertiary/aromatic N) is 2. The van der Waals surface area contributed by atoms with Crippen molar-refractivity contribution in [3.05, 3.63) is 23.8 Å². The van der Waals surface area contributed by atoms with E-state index < -0.39 is 34.4 Å². The fourth-order valence-electron chi connectivity index (χ4n) is 4.30. The Labute approximate surface area is 157 Å². The van der Waals surface area contributed by atoms with Gasteiger partial charge in [0.2, 0.25) is 0 Å². The molecule has 1 unspecified atom stereocenters. The molecule has 3 aliphatic heterocycles. The number of carbonyl (C=O) groups is 1. The monoisotopic (exact) mass is 403 g/mol. The third kappa shape index (κ3) is 3.35. The molecule has 10 heteroatoms. The minimum atomic E-state index is -2.44. The number of cyclic esters (lactones) is 1. The Hall–Kier alpha value is -1.62. The van der Waals surface area contributed by atoms with Crippen LogP contribution in [-0.2, 0) is 4.74 Å². The van der Waals surface area contributed by atoms with E-state index in [2.05, 4.69) is 0 Å². The third-order valence-electron chi connectivity index (χ3n) is 5.67. The first kappa shape index (κ1) is 18.7. The van der Waals surface area contributed by atoms with E-state index in [-0.39, 0.29) is 29.9 Å². The van der Waals surface area contributed by atoms with Gasteiger partial charge in [-0.1, -0.05) is 0 Å². The van der Waals surface area contributed by atoms with Gasteiger partial charge >= 0.3 is 6.09 Å². The van der Waals surface area contributed by atoms with Crippen LogP contribution in [0.1, 0.15) is 12.8 Å². The van der Waals surface area contributed by atoms with Crippen molar-refractivity contribution in [3.63, 3.8) is 0 Å². The molecule has 3 heterocycles. The van der Waals surface area contributed by atoms with Gasteiger partial charge in [0.1, 0.15) is 11.8 Å². The number of piperidine rings is 1. The maximum atomic E-state index is 14.7. The van der Waals surface area contributed by atoms with Crippen LogP contribution < -0.4 is 15.5 Å². The molecular weight excluding hydrogens is 380 g/mol. The van der Waals surface area contributed by atoms with Crippen molar-refractivity contribution in [2.24, 2.45) is 11.1 Å². The van der Waals surface area contributed by atoms with Gasteiger partial charge in [-0.25, -0.2) is 13.6 Å². The van der Waals surface area contributed by atoms with E-state index in [4.69, 9.17) is 10.5 Å². The largest absolute Gasteiger partial charge is 0.443 e. The summed E-state index contributed by atoms with van der Waals surface area (Å²) in [4.78, 5) is 14.7. The molecule has 3 fully saturated rings. The zero-order chi connectivity index (χ0) is 19.4. The maximum Gasteiger partial charge on any atom is 0.414 e. The van der Waals surface area contributed by atoms with E-state index in [1.165, 1.54) is 4.90 Å². The number of hydrogen-bond donors (Lipinski definition) is 3. The number of anilines is 2. The number of carbonyl (C=O) groups excluding carboxylic acids is 1. The van der Waals surface area contributed by atoms with Crippen molar-refractivity contribution in [1.29, 1.82) is 0 Å². The predicted octanol–water partition coefficient (Wildman–Crippen LogP) is 2.60. The first-order valence-electron chi connectivity index (χ1n) is 8.88. The Kier molecular flexibility index (Phi) is 4.49. The number of ether oxygens (including phenoxy) is 1. The van der Waals surface area contributed by atoms with Gasteiger partial charge in [-0.2, -0.15) is 10.6 Å². The van der Waals surface area contributed by atoms with Gasteiger partial charge in [-0.05, 0) is 12.8 Å². The number of amides is 1. The fraction of sp³-hybridized carbons (Fsp3) is 0.588. The zero-order valence-electron chi connectivity index (χ0n) is 14.7. The SMILES string of the molecule is NCC1CN(c2cc(F)c(N3CCC4(CC3)CS(O)(O)C4)c(F)c2)C(=O)O1. The van der Waals surface area contributed by atoms with Gasteiger partial charge in [-0.3, -0.25) is 14.0 Å². The molecule has 0 bridgehead atoms. The molecule has 3 saturated heterocycles. The molecule has 0 saturated carbocycles. The maximum absolute atomic E-state index is 14.7. The number of halogens is 2. The predicted molar refractivity (Wildman–Crippen MR) is 99.5 cm³/mol. The Morgan fingerprint density at radius 2 is 1.81 bits per heavy atom. The summed E-state index contributed by atoms with van der Waals surface area (Å²) in [5.74, 6) is -0.695. The van der Waals surface area contributed by atoms with Crippen LogP contribution in [0, 0.1) is 17.0 Å². The molecule has 4 N–H and O–H groups in total. The van der Waals surface area contributed by atoms with Crippen LogP contribution in [0.3, 0.4) is 0 Å². The van der Waals surface area contributed by atoms with Crippen LogP contribution in [0.15, 0.2) is 12.1 Å². The number of rotatable bonds is 3. The highest BCUT2D eigenvalue weighted by molar-refractivity contribution is 8.25. The van der Waals surface area contributed by atoms with Crippen LogP contribution in [0.5, 0.6) is 0 Å². The second-order valence-electron chi connectivity index (χ2n) is 7.69. The molecule has 1 atom stereocenters. The van der Waals surface area contributed by atoms with E-state index in [0.717, 1.165) is 12.1 Å².